The van der Waals surface area contributed by atoms with E-state index in [4.69, 9.17) is 5.73 Å². The molecule has 0 unspecified atom stereocenters. The van der Waals surface area contributed by atoms with E-state index in [0.717, 1.165) is 6.07 Å². The summed E-state index contributed by atoms with van der Waals surface area (Å²) < 4.78 is 39.5. The fourth-order valence-electron chi connectivity index (χ4n) is 1.35. The van der Waals surface area contributed by atoms with Crippen molar-refractivity contribution in [3.8, 4) is 0 Å². The van der Waals surface area contributed by atoms with Crippen LogP contribution in [0.3, 0.4) is 0 Å². The highest BCUT2D eigenvalue weighted by molar-refractivity contribution is 7.92. The van der Waals surface area contributed by atoms with E-state index in [1.165, 1.54) is 12.1 Å². The molecular formula is C11H12FN5O2S. The number of aromatic nitrogens is 3. The molecule has 0 saturated carbocycles. The summed E-state index contributed by atoms with van der Waals surface area (Å²) in [5.74, 6) is -0.989. The van der Waals surface area contributed by atoms with Crippen molar-refractivity contribution in [2.45, 2.75) is 18.7 Å². The zero-order valence-electron chi connectivity index (χ0n) is 10.8. The smallest absolute Gasteiger partial charge is 0.264 e. The standard InChI is InChI=1S/C11H12FN5O2S/c1-6-7(2)15-16-11(14-6)17-20(18,19)8-3-4-10(13)9(12)5-8/h3-5H,13H2,1-2H3,(H,14,16,17). The van der Waals surface area contributed by atoms with Gasteiger partial charge in [0.1, 0.15) is 5.82 Å². The van der Waals surface area contributed by atoms with Gasteiger partial charge in [-0.25, -0.2) is 22.5 Å². The van der Waals surface area contributed by atoms with E-state index >= 15 is 0 Å². The molecule has 106 valence electrons. The van der Waals surface area contributed by atoms with Crippen LogP contribution in [0.4, 0.5) is 16.0 Å². The van der Waals surface area contributed by atoms with Gasteiger partial charge in [-0.1, -0.05) is 0 Å². The summed E-state index contributed by atoms with van der Waals surface area (Å²) in [7, 11) is -3.99. The number of benzene rings is 1. The summed E-state index contributed by atoms with van der Waals surface area (Å²) in [5.41, 5.74) is 6.30. The van der Waals surface area contributed by atoms with Crippen LogP contribution in [0.5, 0.6) is 0 Å². The molecule has 0 amide bonds. The van der Waals surface area contributed by atoms with Gasteiger partial charge < -0.3 is 5.73 Å². The van der Waals surface area contributed by atoms with Crippen LogP contribution in [0.1, 0.15) is 11.4 Å². The molecule has 7 nitrogen and oxygen atoms in total. The molecule has 2 rings (SSSR count). The van der Waals surface area contributed by atoms with Crippen molar-refractivity contribution >= 4 is 21.7 Å². The largest absolute Gasteiger partial charge is 0.396 e. The lowest BCUT2D eigenvalue weighted by atomic mass is 10.3. The number of anilines is 2. The highest BCUT2D eigenvalue weighted by Gasteiger charge is 2.18. The Hall–Kier alpha value is -2.29. The van der Waals surface area contributed by atoms with Crippen LogP contribution in [0.2, 0.25) is 0 Å². The number of nitrogens with one attached hydrogen (secondary N) is 1. The van der Waals surface area contributed by atoms with E-state index in [1.807, 2.05) is 0 Å². The zero-order valence-corrected chi connectivity index (χ0v) is 11.6. The van der Waals surface area contributed by atoms with Gasteiger partial charge in [-0.3, -0.25) is 0 Å². The van der Waals surface area contributed by atoms with E-state index in [0.29, 0.717) is 11.4 Å². The van der Waals surface area contributed by atoms with Gasteiger partial charge in [-0.15, -0.1) is 5.10 Å². The van der Waals surface area contributed by atoms with Crippen LogP contribution in [-0.4, -0.2) is 23.6 Å². The molecule has 0 aliphatic heterocycles. The van der Waals surface area contributed by atoms with Crippen LogP contribution in [0.25, 0.3) is 0 Å². The molecule has 0 spiro atoms. The summed E-state index contributed by atoms with van der Waals surface area (Å²) >= 11 is 0. The molecule has 0 aliphatic carbocycles. The number of nitrogens with two attached hydrogens (primary N) is 1. The Morgan fingerprint density at radius 2 is 1.90 bits per heavy atom. The molecule has 3 N–H and O–H groups in total. The zero-order chi connectivity index (χ0) is 14.9. The SMILES string of the molecule is Cc1nnc(NS(=O)(=O)c2ccc(N)c(F)c2)nc1C. The predicted molar refractivity (Wildman–Crippen MR) is 70.9 cm³/mol. The van der Waals surface area contributed by atoms with E-state index in [2.05, 4.69) is 19.9 Å². The maximum atomic E-state index is 13.3. The van der Waals surface area contributed by atoms with Crippen molar-refractivity contribution < 1.29 is 12.8 Å². The van der Waals surface area contributed by atoms with E-state index < -0.39 is 15.8 Å². The average Bonchev–Trinajstić information content (AvgIpc) is 2.37. The van der Waals surface area contributed by atoms with Crippen LogP contribution >= 0.6 is 0 Å². The number of rotatable bonds is 3. The average molecular weight is 297 g/mol. The Morgan fingerprint density at radius 1 is 1.20 bits per heavy atom. The first kappa shape index (κ1) is 14.1. The second-order valence-corrected chi connectivity index (χ2v) is 5.78. The monoisotopic (exact) mass is 297 g/mol. The molecule has 1 aromatic carbocycles. The second-order valence-electron chi connectivity index (χ2n) is 4.10. The van der Waals surface area contributed by atoms with Gasteiger partial charge >= 0.3 is 0 Å². The Kier molecular flexibility index (Phi) is 3.53. The van der Waals surface area contributed by atoms with Gasteiger partial charge in [-0.05, 0) is 32.0 Å². The van der Waals surface area contributed by atoms with E-state index in [9.17, 15) is 12.8 Å². The second kappa shape index (κ2) is 5.00. The Bertz CT molecular complexity index is 763. The lowest BCUT2D eigenvalue weighted by Crippen LogP contribution is -2.16. The number of nitrogen functional groups attached to an aromatic ring is 1. The summed E-state index contributed by atoms with van der Waals surface area (Å²) in [6.45, 7) is 3.37. The first-order valence-electron chi connectivity index (χ1n) is 5.55. The van der Waals surface area contributed by atoms with E-state index in [-0.39, 0.29) is 16.5 Å². The molecule has 0 atom stereocenters. The summed E-state index contributed by atoms with van der Waals surface area (Å²) in [5, 5.41) is 7.37. The molecule has 1 heterocycles. The first-order valence-corrected chi connectivity index (χ1v) is 7.03. The molecular weight excluding hydrogens is 285 g/mol. The Balaban J connectivity index is 2.35. The molecule has 9 heteroatoms. The predicted octanol–water partition coefficient (Wildman–Crippen LogP) is 1.01. The molecule has 0 aliphatic rings. The third-order valence-electron chi connectivity index (χ3n) is 2.60. The fraction of sp³-hybridized carbons (Fsp3) is 0.182. The molecule has 0 saturated heterocycles. The van der Waals surface area contributed by atoms with Gasteiger partial charge in [0, 0.05) is 0 Å². The normalized spacial score (nSPS) is 11.3. The summed E-state index contributed by atoms with van der Waals surface area (Å²) in [6, 6.07) is 3.19. The quantitative estimate of drug-likeness (QED) is 0.818. The summed E-state index contributed by atoms with van der Waals surface area (Å²) in [4.78, 5) is 3.67. The minimum absolute atomic E-state index is 0.131. The molecule has 1 aromatic heterocycles. The summed E-state index contributed by atoms with van der Waals surface area (Å²) in [6.07, 6.45) is 0. The van der Waals surface area contributed by atoms with Crippen molar-refractivity contribution in [1.29, 1.82) is 0 Å². The maximum absolute atomic E-state index is 13.3. The molecule has 2 aromatic rings. The van der Waals surface area contributed by atoms with Crippen molar-refractivity contribution in [2.24, 2.45) is 0 Å². The minimum Gasteiger partial charge on any atom is -0.396 e. The van der Waals surface area contributed by atoms with Crippen LogP contribution in [0, 0.1) is 19.7 Å². The first-order chi connectivity index (χ1) is 9.29. The van der Waals surface area contributed by atoms with Crippen molar-refractivity contribution in [2.75, 3.05) is 10.5 Å². The fourth-order valence-corrected chi connectivity index (χ4v) is 2.30. The molecule has 0 fully saturated rings. The molecule has 20 heavy (non-hydrogen) atoms. The number of sulfonamides is 1. The van der Waals surface area contributed by atoms with Gasteiger partial charge in [0.25, 0.3) is 16.0 Å². The van der Waals surface area contributed by atoms with Crippen LogP contribution < -0.4 is 10.5 Å². The van der Waals surface area contributed by atoms with Gasteiger partial charge in [0.2, 0.25) is 0 Å². The molecule has 0 radical (unpaired) electrons. The van der Waals surface area contributed by atoms with Gasteiger partial charge in [0.15, 0.2) is 0 Å². The van der Waals surface area contributed by atoms with Crippen LogP contribution in [0.15, 0.2) is 23.1 Å². The number of hydrogen-bond acceptors (Lipinski definition) is 6. The minimum atomic E-state index is -3.99. The number of aryl methyl sites for hydroxylation is 2. The Morgan fingerprint density at radius 3 is 2.50 bits per heavy atom. The molecule has 0 bridgehead atoms. The van der Waals surface area contributed by atoms with E-state index in [1.54, 1.807) is 13.8 Å². The highest BCUT2D eigenvalue weighted by Crippen LogP contribution is 2.18. The van der Waals surface area contributed by atoms with Gasteiger partial charge in [0.05, 0.1) is 22.0 Å². The Labute approximate surface area is 115 Å². The maximum Gasteiger partial charge on any atom is 0.264 e. The third-order valence-corrected chi connectivity index (χ3v) is 3.93. The number of halogens is 1. The van der Waals surface area contributed by atoms with Crippen molar-refractivity contribution in [1.82, 2.24) is 15.2 Å². The lowest BCUT2D eigenvalue weighted by molar-refractivity contribution is 0.595. The number of nitrogens with zero attached hydrogens (tertiary/aromatic N) is 3. The third kappa shape index (κ3) is 2.82. The highest BCUT2D eigenvalue weighted by atomic mass is 32.2. The van der Waals surface area contributed by atoms with Gasteiger partial charge in [-0.2, -0.15) is 5.10 Å². The van der Waals surface area contributed by atoms with Crippen LogP contribution in [-0.2, 0) is 10.0 Å². The topological polar surface area (TPSA) is 111 Å². The van der Waals surface area contributed by atoms with Crippen molar-refractivity contribution in [3.63, 3.8) is 0 Å². The number of hydrogen-bond donors (Lipinski definition) is 2. The lowest BCUT2D eigenvalue weighted by Gasteiger charge is -2.07. The van der Waals surface area contributed by atoms with Crippen molar-refractivity contribution in [3.05, 3.63) is 35.4 Å².